The van der Waals surface area contributed by atoms with Gasteiger partial charge in [0.25, 0.3) is 0 Å². The lowest BCUT2D eigenvalue weighted by Crippen LogP contribution is -2.19. The summed E-state index contributed by atoms with van der Waals surface area (Å²) in [5, 5.41) is 15.2. The summed E-state index contributed by atoms with van der Waals surface area (Å²) in [7, 11) is 0. The average molecular weight is 459 g/mol. The third-order valence-electron chi connectivity index (χ3n) is 4.39. The fourth-order valence-corrected chi connectivity index (χ4v) is 3.34. The fourth-order valence-electron chi connectivity index (χ4n) is 2.93. The second kappa shape index (κ2) is 9.23. The molecule has 0 fully saturated rings. The molecule has 0 radical (unpaired) electrons. The van der Waals surface area contributed by atoms with Crippen LogP contribution in [0.4, 0.5) is 20.3 Å². The summed E-state index contributed by atoms with van der Waals surface area (Å²) in [4.78, 5) is 0. The predicted octanol–water partition coefficient (Wildman–Crippen LogP) is 4.92. The number of anilines is 2. The number of hydrogen-bond donors (Lipinski definition) is 2. The van der Waals surface area contributed by atoms with Gasteiger partial charge >= 0.3 is 0 Å². The van der Waals surface area contributed by atoms with E-state index in [4.69, 9.17) is 23.8 Å². The van der Waals surface area contributed by atoms with Gasteiger partial charge in [-0.3, -0.25) is 9.36 Å². The molecular formula is C21H17ClF2N6S. The molecule has 158 valence electrons. The van der Waals surface area contributed by atoms with Gasteiger partial charge in [0.2, 0.25) is 0 Å². The summed E-state index contributed by atoms with van der Waals surface area (Å²) in [6.07, 6.45) is 4.99. The first-order valence-corrected chi connectivity index (χ1v) is 10.1. The first kappa shape index (κ1) is 21.0. The second-order valence-electron chi connectivity index (χ2n) is 6.75. The molecule has 31 heavy (non-hydrogen) atoms. The van der Waals surface area contributed by atoms with Crippen molar-refractivity contribution in [3.63, 3.8) is 0 Å². The second-order valence-corrected chi connectivity index (χ2v) is 7.56. The van der Waals surface area contributed by atoms with Gasteiger partial charge in [0.05, 0.1) is 25.0 Å². The van der Waals surface area contributed by atoms with Crippen LogP contribution in [0.25, 0.3) is 0 Å². The van der Waals surface area contributed by atoms with Gasteiger partial charge in [-0.05, 0) is 36.0 Å². The largest absolute Gasteiger partial charge is 0.330 e. The molecule has 0 unspecified atom stereocenters. The molecule has 0 aliphatic heterocycles. The summed E-state index contributed by atoms with van der Waals surface area (Å²) >= 11 is 11.6. The molecule has 2 heterocycles. The van der Waals surface area contributed by atoms with Crippen molar-refractivity contribution in [3.8, 4) is 0 Å². The normalized spacial score (nSPS) is 10.8. The van der Waals surface area contributed by atoms with E-state index in [1.54, 1.807) is 53.6 Å². The Morgan fingerprint density at radius 3 is 2.52 bits per heavy atom. The van der Waals surface area contributed by atoms with Crippen molar-refractivity contribution in [2.75, 3.05) is 10.6 Å². The van der Waals surface area contributed by atoms with Gasteiger partial charge in [-0.1, -0.05) is 41.9 Å². The van der Waals surface area contributed by atoms with E-state index in [2.05, 4.69) is 20.8 Å². The Morgan fingerprint density at radius 2 is 1.74 bits per heavy atom. The topological polar surface area (TPSA) is 59.7 Å². The van der Waals surface area contributed by atoms with E-state index in [0.29, 0.717) is 28.6 Å². The van der Waals surface area contributed by atoms with Crippen LogP contribution in [0, 0.1) is 11.6 Å². The number of aromatic nitrogens is 4. The molecule has 2 aromatic heterocycles. The van der Waals surface area contributed by atoms with E-state index in [-0.39, 0.29) is 23.3 Å². The molecule has 0 saturated heterocycles. The number of halogens is 3. The van der Waals surface area contributed by atoms with Gasteiger partial charge in [0.15, 0.2) is 10.9 Å². The number of nitrogens with zero attached hydrogens (tertiary/aromatic N) is 4. The Bertz CT molecular complexity index is 1200. The van der Waals surface area contributed by atoms with E-state index in [9.17, 15) is 8.78 Å². The van der Waals surface area contributed by atoms with Crippen LogP contribution in [0.2, 0.25) is 5.02 Å². The Labute approximate surface area is 187 Å². The Balaban J connectivity index is 1.36. The maximum Gasteiger partial charge on any atom is 0.176 e. The van der Waals surface area contributed by atoms with Gasteiger partial charge in [0.1, 0.15) is 16.7 Å². The van der Waals surface area contributed by atoms with Crippen LogP contribution in [0.15, 0.2) is 67.1 Å². The van der Waals surface area contributed by atoms with Crippen LogP contribution in [-0.2, 0) is 13.1 Å². The standard InChI is InChI=1S/C21H17ClF2N6S/c22-18-13-30(11-15-3-1-2-4-19(15)24)28-20(18)27-21(31)26-17-9-25-29(12-17)10-14-5-7-16(23)8-6-14/h1-9,12-13H,10-11H2,(H2,26,27,28,31). The lowest BCUT2D eigenvalue weighted by Gasteiger charge is -2.07. The summed E-state index contributed by atoms with van der Waals surface area (Å²) in [6, 6.07) is 12.7. The molecule has 2 N–H and O–H groups in total. The van der Waals surface area contributed by atoms with Gasteiger partial charge < -0.3 is 10.6 Å². The zero-order valence-corrected chi connectivity index (χ0v) is 17.7. The molecule has 10 heteroatoms. The van der Waals surface area contributed by atoms with Crippen molar-refractivity contribution in [3.05, 3.63) is 94.9 Å². The number of rotatable bonds is 6. The van der Waals surface area contributed by atoms with Crippen molar-refractivity contribution < 1.29 is 8.78 Å². The molecular weight excluding hydrogens is 442 g/mol. The van der Waals surface area contributed by atoms with Crippen LogP contribution >= 0.6 is 23.8 Å². The molecule has 0 atom stereocenters. The monoisotopic (exact) mass is 458 g/mol. The van der Waals surface area contributed by atoms with Crippen molar-refractivity contribution in [1.29, 1.82) is 0 Å². The third-order valence-corrected chi connectivity index (χ3v) is 4.87. The summed E-state index contributed by atoms with van der Waals surface area (Å²) < 4.78 is 30.1. The van der Waals surface area contributed by atoms with Gasteiger partial charge in [-0.2, -0.15) is 10.2 Å². The first-order chi connectivity index (χ1) is 15.0. The summed E-state index contributed by atoms with van der Waals surface area (Å²) in [5.74, 6) is -0.231. The highest BCUT2D eigenvalue weighted by Crippen LogP contribution is 2.21. The molecule has 6 nitrogen and oxygen atoms in total. The van der Waals surface area contributed by atoms with Gasteiger partial charge in [0, 0.05) is 18.0 Å². The fraction of sp³-hybridized carbons (Fsp3) is 0.0952. The summed E-state index contributed by atoms with van der Waals surface area (Å²) in [5.41, 5.74) is 2.09. The van der Waals surface area contributed by atoms with E-state index < -0.39 is 0 Å². The van der Waals surface area contributed by atoms with Crippen molar-refractivity contribution in [1.82, 2.24) is 19.6 Å². The van der Waals surface area contributed by atoms with Crippen LogP contribution < -0.4 is 10.6 Å². The molecule has 0 aliphatic rings. The number of nitrogens with one attached hydrogen (secondary N) is 2. The lowest BCUT2D eigenvalue weighted by atomic mass is 10.2. The Hall–Kier alpha value is -3.30. The SMILES string of the molecule is Fc1ccc(Cn2cc(NC(=S)Nc3nn(Cc4ccccc4F)cc3Cl)cn2)cc1. The van der Waals surface area contributed by atoms with Crippen LogP contribution in [0.3, 0.4) is 0 Å². The smallest absolute Gasteiger partial charge is 0.176 e. The van der Waals surface area contributed by atoms with Gasteiger partial charge in [-0.25, -0.2) is 8.78 Å². The van der Waals surface area contributed by atoms with Crippen molar-refractivity contribution in [2.24, 2.45) is 0 Å². The zero-order valence-electron chi connectivity index (χ0n) is 16.1. The predicted molar refractivity (Wildman–Crippen MR) is 120 cm³/mol. The van der Waals surface area contributed by atoms with Gasteiger partial charge in [-0.15, -0.1) is 0 Å². The molecule has 2 aromatic carbocycles. The minimum Gasteiger partial charge on any atom is -0.330 e. The zero-order chi connectivity index (χ0) is 21.8. The minimum atomic E-state index is -0.307. The highest BCUT2D eigenvalue weighted by Gasteiger charge is 2.11. The number of hydrogen-bond acceptors (Lipinski definition) is 3. The lowest BCUT2D eigenvalue weighted by molar-refractivity contribution is 0.586. The average Bonchev–Trinajstić information content (AvgIpc) is 3.31. The highest BCUT2D eigenvalue weighted by molar-refractivity contribution is 7.80. The summed E-state index contributed by atoms with van der Waals surface area (Å²) in [6.45, 7) is 0.735. The molecule has 0 aliphatic carbocycles. The maximum atomic E-state index is 13.8. The Kier molecular flexibility index (Phi) is 6.24. The molecule has 0 spiro atoms. The van der Waals surface area contributed by atoms with Crippen LogP contribution in [-0.4, -0.2) is 24.7 Å². The molecule has 0 bridgehead atoms. The van der Waals surface area contributed by atoms with Crippen LogP contribution in [0.1, 0.15) is 11.1 Å². The van der Waals surface area contributed by atoms with Crippen molar-refractivity contribution >= 4 is 40.4 Å². The molecule has 4 aromatic rings. The molecule has 0 amide bonds. The maximum absolute atomic E-state index is 13.8. The number of benzene rings is 2. The quantitative estimate of drug-likeness (QED) is 0.402. The van der Waals surface area contributed by atoms with E-state index in [1.807, 2.05) is 0 Å². The molecule has 0 saturated carbocycles. The van der Waals surface area contributed by atoms with Crippen molar-refractivity contribution in [2.45, 2.75) is 13.1 Å². The minimum absolute atomic E-state index is 0.240. The van der Waals surface area contributed by atoms with E-state index in [1.165, 1.54) is 22.9 Å². The first-order valence-electron chi connectivity index (χ1n) is 9.27. The van der Waals surface area contributed by atoms with Crippen LogP contribution in [0.5, 0.6) is 0 Å². The van der Waals surface area contributed by atoms with E-state index in [0.717, 1.165) is 5.56 Å². The number of thiocarbonyl (C=S) groups is 1. The highest BCUT2D eigenvalue weighted by atomic mass is 35.5. The van der Waals surface area contributed by atoms with E-state index >= 15 is 0 Å². The Morgan fingerprint density at radius 1 is 0.968 bits per heavy atom. The third kappa shape index (κ3) is 5.44. The molecule has 4 rings (SSSR count).